The van der Waals surface area contributed by atoms with Gasteiger partial charge in [-0.15, -0.1) is 11.3 Å². The number of rotatable bonds is 6. The largest absolute Gasteiger partial charge is 0.497 e. The van der Waals surface area contributed by atoms with Crippen molar-refractivity contribution in [2.24, 2.45) is 0 Å². The van der Waals surface area contributed by atoms with E-state index < -0.39 is 0 Å². The SMILES string of the molecule is COc1ccc(Cn2c(CCCO)nc3c(C)nc4cc(Br)sc4c32)cc1. The summed E-state index contributed by atoms with van der Waals surface area (Å²) in [6.45, 7) is 2.88. The van der Waals surface area contributed by atoms with Crippen molar-refractivity contribution in [3.05, 3.63) is 51.2 Å². The van der Waals surface area contributed by atoms with Gasteiger partial charge < -0.3 is 14.4 Å². The van der Waals surface area contributed by atoms with Gasteiger partial charge in [-0.2, -0.15) is 0 Å². The quantitative estimate of drug-likeness (QED) is 0.467. The van der Waals surface area contributed by atoms with E-state index in [9.17, 15) is 5.11 Å². The molecule has 1 aromatic carbocycles. The minimum atomic E-state index is 0.156. The van der Waals surface area contributed by atoms with E-state index in [0.717, 1.165) is 55.3 Å². The van der Waals surface area contributed by atoms with E-state index in [1.54, 1.807) is 18.4 Å². The Morgan fingerprint density at radius 3 is 2.70 bits per heavy atom. The maximum atomic E-state index is 9.30. The molecule has 0 aliphatic carbocycles. The van der Waals surface area contributed by atoms with Gasteiger partial charge in [0.15, 0.2) is 0 Å². The highest BCUT2D eigenvalue weighted by Gasteiger charge is 2.18. The number of thiophene rings is 1. The molecule has 4 aromatic rings. The number of benzene rings is 1. The number of ether oxygens (including phenoxy) is 1. The average Bonchev–Trinajstić information content (AvgIpc) is 3.21. The van der Waals surface area contributed by atoms with Crippen molar-refractivity contribution in [1.29, 1.82) is 0 Å². The highest BCUT2D eigenvalue weighted by Crippen LogP contribution is 2.36. The molecular weight excluding hydrogens is 426 g/mol. The number of halogens is 1. The van der Waals surface area contributed by atoms with Gasteiger partial charge in [-0.3, -0.25) is 0 Å². The fraction of sp³-hybridized carbons (Fsp3) is 0.300. The van der Waals surface area contributed by atoms with Crippen LogP contribution in [-0.2, 0) is 13.0 Å². The number of hydrogen-bond donors (Lipinski definition) is 1. The first-order valence-corrected chi connectivity index (χ1v) is 10.4. The van der Waals surface area contributed by atoms with Gasteiger partial charge in [0, 0.05) is 19.6 Å². The van der Waals surface area contributed by atoms with Gasteiger partial charge in [0.2, 0.25) is 0 Å². The number of aryl methyl sites for hydroxylation is 2. The summed E-state index contributed by atoms with van der Waals surface area (Å²) >= 11 is 5.28. The van der Waals surface area contributed by atoms with E-state index in [1.807, 2.05) is 19.1 Å². The minimum absolute atomic E-state index is 0.156. The zero-order valence-electron chi connectivity index (χ0n) is 15.2. The molecular formula is C20H20BrN3O2S. The van der Waals surface area contributed by atoms with Crippen molar-refractivity contribution in [1.82, 2.24) is 14.5 Å². The van der Waals surface area contributed by atoms with Crippen LogP contribution in [0.4, 0.5) is 0 Å². The number of imidazole rings is 1. The second-order valence-corrected chi connectivity index (χ2v) is 8.88. The van der Waals surface area contributed by atoms with Crippen molar-refractivity contribution in [2.45, 2.75) is 26.3 Å². The zero-order chi connectivity index (χ0) is 19.0. The lowest BCUT2D eigenvalue weighted by Gasteiger charge is -2.10. The Labute approximate surface area is 169 Å². The lowest BCUT2D eigenvalue weighted by molar-refractivity contribution is 0.287. The Kier molecular flexibility index (Phi) is 5.16. The van der Waals surface area contributed by atoms with E-state index in [1.165, 1.54) is 5.56 Å². The first kappa shape index (κ1) is 18.4. The third kappa shape index (κ3) is 3.47. The number of nitrogens with zero attached hydrogens (tertiary/aromatic N) is 3. The summed E-state index contributed by atoms with van der Waals surface area (Å²) in [7, 11) is 1.67. The van der Waals surface area contributed by atoms with Gasteiger partial charge in [-0.05, 0) is 53.0 Å². The summed E-state index contributed by atoms with van der Waals surface area (Å²) in [4.78, 5) is 9.62. The first-order valence-electron chi connectivity index (χ1n) is 8.79. The highest BCUT2D eigenvalue weighted by atomic mass is 79.9. The van der Waals surface area contributed by atoms with Crippen LogP contribution >= 0.6 is 27.3 Å². The monoisotopic (exact) mass is 445 g/mol. The molecule has 7 heteroatoms. The molecule has 140 valence electrons. The Balaban J connectivity index is 1.90. The molecule has 27 heavy (non-hydrogen) atoms. The van der Waals surface area contributed by atoms with E-state index in [4.69, 9.17) is 14.7 Å². The summed E-state index contributed by atoms with van der Waals surface area (Å²) in [5, 5.41) is 9.30. The number of aliphatic hydroxyl groups is 1. The second kappa shape index (κ2) is 7.58. The van der Waals surface area contributed by atoms with Crippen molar-refractivity contribution < 1.29 is 9.84 Å². The summed E-state index contributed by atoms with van der Waals surface area (Å²) in [6.07, 6.45) is 1.42. The molecule has 0 aliphatic rings. The van der Waals surface area contributed by atoms with E-state index in [0.29, 0.717) is 6.42 Å². The smallest absolute Gasteiger partial charge is 0.118 e. The number of hydrogen-bond acceptors (Lipinski definition) is 5. The minimum Gasteiger partial charge on any atom is -0.497 e. The Morgan fingerprint density at radius 2 is 2.00 bits per heavy atom. The lowest BCUT2D eigenvalue weighted by atomic mass is 10.2. The molecule has 0 saturated heterocycles. The third-order valence-electron chi connectivity index (χ3n) is 4.63. The normalized spacial score (nSPS) is 11.6. The van der Waals surface area contributed by atoms with E-state index in [2.05, 4.69) is 38.7 Å². The topological polar surface area (TPSA) is 60.2 Å². The fourth-order valence-corrected chi connectivity index (χ4v) is 4.91. The predicted molar refractivity (Wildman–Crippen MR) is 113 cm³/mol. The zero-order valence-corrected chi connectivity index (χ0v) is 17.6. The molecule has 0 fully saturated rings. The number of pyridine rings is 1. The van der Waals surface area contributed by atoms with Crippen LogP contribution in [0, 0.1) is 6.92 Å². The fourth-order valence-electron chi connectivity index (χ4n) is 3.33. The summed E-state index contributed by atoms with van der Waals surface area (Å²) in [6, 6.07) is 10.2. The molecule has 0 saturated carbocycles. The summed E-state index contributed by atoms with van der Waals surface area (Å²) in [5.41, 5.74) is 5.16. The molecule has 0 radical (unpaired) electrons. The van der Waals surface area contributed by atoms with Crippen LogP contribution in [0.1, 0.15) is 23.5 Å². The van der Waals surface area contributed by atoms with Crippen LogP contribution in [0.15, 0.2) is 34.1 Å². The van der Waals surface area contributed by atoms with Crippen LogP contribution in [0.3, 0.4) is 0 Å². The van der Waals surface area contributed by atoms with Crippen molar-refractivity contribution >= 4 is 48.5 Å². The lowest BCUT2D eigenvalue weighted by Crippen LogP contribution is -2.06. The molecule has 4 rings (SSSR count). The molecule has 3 heterocycles. The molecule has 0 amide bonds. The van der Waals surface area contributed by atoms with Gasteiger partial charge in [0.05, 0.1) is 32.3 Å². The van der Waals surface area contributed by atoms with Gasteiger partial charge in [-0.1, -0.05) is 12.1 Å². The number of methoxy groups -OCH3 is 1. The second-order valence-electron chi connectivity index (χ2n) is 6.45. The van der Waals surface area contributed by atoms with Crippen molar-refractivity contribution in [3.63, 3.8) is 0 Å². The van der Waals surface area contributed by atoms with Gasteiger partial charge in [-0.25, -0.2) is 9.97 Å². The molecule has 0 atom stereocenters. The van der Waals surface area contributed by atoms with Crippen molar-refractivity contribution in [3.8, 4) is 5.75 Å². The van der Waals surface area contributed by atoms with Crippen LogP contribution in [0.2, 0.25) is 0 Å². The standard InChI is InChI=1S/C20H20BrN3O2S/c1-12-18-19(20-15(22-12)10-16(21)27-20)24(17(23-18)4-3-9-25)11-13-5-7-14(26-2)8-6-13/h5-8,10,25H,3-4,9,11H2,1-2H3. The molecule has 0 bridgehead atoms. The molecule has 0 spiro atoms. The number of aliphatic hydroxyl groups excluding tert-OH is 1. The van der Waals surface area contributed by atoms with Crippen LogP contribution < -0.4 is 4.74 Å². The van der Waals surface area contributed by atoms with Crippen LogP contribution in [0.5, 0.6) is 5.75 Å². The van der Waals surface area contributed by atoms with E-state index >= 15 is 0 Å². The Morgan fingerprint density at radius 1 is 1.22 bits per heavy atom. The van der Waals surface area contributed by atoms with Gasteiger partial charge in [0.25, 0.3) is 0 Å². The molecule has 1 N–H and O–H groups in total. The van der Waals surface area contributed by atoms with Crippen LogP contribution in [0.25, 0.3) is 21.3 Å². The molecule has 0 aliphatic heterocycles. The first-order chi connectivity index (χ1) is 13.1. The van der Waals surface area contributed by atoms with Crippen LogP contribution in [-0.4, -0.2) is 33.4 Å². The number of fused-ring (bicyclic) bond motifs is 3. The number of aromatic nitrogens is 3. The molecule has 5 nitrogen and oxygen atoms in total. The van der Waals surface area contributed by atoms with E-state index in [-0.39, 0.29) is 6.61 Å². The third-order valence-corrected chi connectivity index (χ3v) is 6.27. The highest BCUT2D eigenvalue weighted by molar-refractivity contribution is 9.11. The van der Waals surface area contributed by atoms with Gasteiger partial charge in [0.1, 0.15) is 17.1 Å². The van der Waals surface area contributed by atoms with Gasteiger partial charge >= 0.3 is 0 Å². The maximum Gasteiger partial charge on any atom is 0.118 e. The Hall–Kier alpha value is -1.96. The summed E-state index contributed by atoms with van der Waals surface area (Å²) in [5.74, 6) is 1.83. The Bertz CT molecular complexity index is 1100. The van der Waals surface area contributed by atoms with Crippen molar-refractivity contribution in [2.75, 3.05) is 13.7 Å². The molecule has 3 aromatic heterocycles. The maximum absolute atomic E-state index is 9.30. The summed E-state index contributed by atoms with van der Waals surface area (Å²) < 4.78 is 9.74. The average molecular weight is 446 g/mol. The molecule has 0 unspecified atom stereocenters. The predicted octanol–water partition coefficient (Wildman–Crippen LogP) is 4.70.